The molecule has 1 aliphatic heterocycles. The fourth-order valence-corrected chi connectivity index (χ4v) is 7.68. The lowest BCUT2D eigenvalue weighted by Crippen LogP contribution is -2.45. The summed E-state index contributed by atoms with van der Waals surface area (Å²) in [5, 5.41) is 18.7. The van der Waals surface area contributed by atoms with Crippen molar-refractivity contribution in [1.29, 1.82) is 0 Å². The number of benzene rings is 8. The van der Waals surface area contributed by atoms with E-state index >= 15 is 0 Å². The van der Waals surface area contributed by atoms with Crippen LogP contribution in [-0.4, -0.2) is 10.8 Å². The summed E-state index contributed by atoms with van der Waals surface area (Å²) in [6.45, 7) is 0. The minimum absolute atomic E-state index is 0.198. The van der Waals surface area contributed by atoms with Crippen molar-refractivity contribution in [3.05, 3.63) is 187 Å². The van der Waals surface area contributed by atoms with E-state index in [1.54, 1.807) is 0 Å². The number of aliphatic imine (C=N–C) groups is 1. The van der Waals surface area contributed by atoms with Gasteiger partial charge in [-0.25, -0.2) is 4.99 Å². The normalized spacial score (nSPS) is 16.2. The molecule has 236 valence electrons. The molecule has 4 nitrogen and oxygen atoms in total. The minimum Gasteiger partial charge on any atom is -0.350 e. The van der Waals surface area contributed by atoms with Gasteiger partial charge < -0.3 is 5.32 Å². The van der Waals surface area contributed by atoms with Gasteiger partial charge in [-0.05, 0) is 84.0 Å². The van der Waals surface area contributed by atoms with Crippen LogP contribution in [0.5, 0.6) is 0 Å². The van der Waals surface area contributed by atoms with Crippen molar-refractivity contribution >= 4 is 59.8 Å². The van der Waals surface area contributed by atoms with E-state index in [0.717, 1.165) is 39.0 Å². The molecule has 9 aromatic rings. The standard InChI is InChI=1S/C46H32N4/c1-4-14-35-31(11-1)26-41(39-18-8-6-16-37(35)39)45-48-44(30-23-21-29(22-24-30)34-25-33-13-3-10-20-43(33)47-28-34)49-46(50-45)42-27-32-12-2-5-15-36(32)38-17-7-9-19-40(38)42/h1-28,44-45,48H,(H,49,50). The molecule has 0 saturated carbocycles. The van der Waals surface area contributed by atoms with Gasteiger partial charge in [0, 0.05) is 22.7 Å². The molecular weight excluding hydrogens is 609 g/mol. The summed E-state index contributed by atoms with van der Waals surface area (Å²) in [7, 11) is 0. The summed E-state index contributed by atoms with van der Waals surface area (Å²) in [5.41, 5.74) is 6.62. The first-order valence-corrected chi connectivity index (χ1v) is 17.1. The predicted molar refractivity (Wildman–Crippen MR) is 208 cm³/mol. The molecule has 8 aromatic carbocycles. The third-order valence-electron chi connectivity index (χ3n) is 10.1. The van der Waals surface area contributed by atoms with E-state index in [1.807, 2.05) is 12.3 Å². The number of pyridine rings is 1. The zero-order chi connectivity index (χ0) is 33.0. The molecule has 0 amide bonds. The Bertz CT molecular complexity index is 2780. The van der Waals surface area contributed by atoms with Crippen molar-refractivity contribution in [3.8, 4) is 11.1 Å². The SMILES string of the molecule is c1ccc2ncc(-c3ccc(C4N=C(c5cc6ccccc6c6ccccc56)NC(c5cc6ccccc6c6ccccc56)N4)cc3)cc2c1. The second kappa shape index (κ2) is 11.7. The van der Waals surface area contributed by atoms with Crippen LogP contribution in [0, 0.1) is 0 Å². The monoisotopic (exact) mass is 640 g/mol. The fraction of sp³-hybridized carbons (Fsp3) is 0.0435. The van der Waals surface area contributed by atoms with Crippen molar-refractivity contribution < 1.29 is 0 Å². The third-order valence-corrected chi connectivity index (χ3v) is 10.1. The summed E-state index contributed by atoms with van der Waals surface area (Å²) in [4.78, 5) is 10.1. The van der Waals surface area contributed by atoms with E-state index in [-0.39, 0.29) is 12.3 Å². The molecule has 0 spiro atoms. The average Bonchev–Trinajstić information content (AvgIpc) is 3.20. The highest BCUT2D eigenvalue weighted by Crippen LogP contribution is 2.36. The van der Waals surface area contributed by atoms with Crippen molar-refractivity contribution in [2.24, 2.45) is 4.99 Å². The number of fused-ring (bicyclic) bond motifs is 7. The number of aromatic nitrogens is 1. The van der Waals surface area contributed by atoms with Crippen molar-refractivity contribution in [2.75, 3.05) is 0 Å². The highest BCUT2D eigenvalue weighted by molar-refractivity contribution is 6.19. The topological polar surface area (TPSA) is 49.3 Å². The molecule has 2 unspecified atom stereocenters. The summed E-state index contributed by atoms with van der Waals surface area (Å²) >= 11 is 0. The number of hydrogen-bond acceptors (Lipinski definition) is 4. The Labute approximate surface area is 289 Å². The van der Waals surface area contributed by atoms with E-state index < -0.39 is 0 Å². The highest BCUT2D eigenvalue weighted by atomic mass is 15.3. The molecule has 0 aliphatic carbocycles. The minimum atomic E-state index is -0.282. The first-order valence-electron chi connectivity index (χ1n) is 17.1. The summed E-state index contributed by atoms with van der Waals surface area (Å²) in [6, 6.07) is 58.5. The molecule has 2 N–H and O–H groups in total. The van der Waals surface area contributed by atoms with Crippen LogP contribution in [0.3, 0.4) is 0 Å². The maximum atomic E-state index is 5.42. The molecule has 4 heteroatoms. The maximum absolute atomic E-state index is 5.42. The lowest BCUT2D eigenvalue weighted by atomic mass is 9.94. The molecule has 50 heavy (non-hydrogen) atoms. The lowest BCUT2D eigenvalue weighted by molar-refractivity contribution is 0.411. The van der Waals surface area contributed by atoms with Crippen LogP contribution in [0.1, 0.15) is 29.0 Å². The molecule has 10 rings (SSSR count). The number of para-hydroxylation sites is 1. The Hall–Kier alpha value is -6.36. The summed E-state index contributed by atoms with van der Waals surface area (Å²) in [5.74, 6) is 0.876. The largest absolute Gasteiger partial charge is 0.350 e. The highest BCUT2D eigenvalue weighted by Gasteiger charge is 2.28. The molecule has 0 bridgehead atoms. The average molecular weight is 641 g/mol. The fourth-order valence-electron chi connectivity index (χ4n) is 7.68. The lowest BCUT2D eigenvalue weighted by Gasteiger charge is -2.33. The molecule has 2 atom stereocenters. The van der Waals surface area contributed by atoms with Gasteiger partial charge in [-0.2, -0.15) is 0 Å². The van der Waals surface area contributed by atoms with Crippen LogP contribution in [-0.2, 0) is 0 Å². The molecule has 1 aliphatic rings. The number of nitrogens with zero attached hydrogens (tertiary/aromatic N) is 2. The number of rotatable bonds is 4. The van der Waals surface area contributed by atoms with Gasteiger partial charge in [-0.15, -0.1) is 0 Å². The van der Waals surface area contributed by atoms with E-state index in [4.69, 9.17) is 9.98 Å². The number of amidine groups is 1. The van der Waals surface area contributed by atoms with Gasteiger partial charge in [0.05, 0.1) is 5.52 Å². The van der Waals surface area contributed by atoms with Gasteiger partial charge >= 0.3 is 0 Å². The van der Waals surface area contributed by atoms with Gasteiger partial charge in [-0.1, -0.05) is 140 Å². The van der Waals surface area contributed by atoms with Crippen molar-refractivity contribution in [1.82, 2.24) is 15.6 Å². The number of nitrogens with one attached hydrogen (secondary N) is 2. The van der Waals surface area contributed by atoms with Crippen molar-refractivity contribution in [2.45, 2.75) is 12.3 Å². The Balaban J connectivity index is 1.13. The quantitative estimate of drug-likeness (QED) is 0.188. The Morgan fingerprint density at radius 3 is 1.78 bits per heavy atom. The molecule has 2 heterocycles. The first-order chi connectivity index (χ1) is 24.8. The van der Waals surface area contributed by atoms with Crippen LogP contribution >= 0.6 is 0 Å². The molecule has 0 saturated heterocycles. The van der Waals surface area contributed by atoms with Gasteiger partial charge in [-0.3, -0.25) is 10.3 Å². The van der Waals surface area contributed by atoms with Crippen LogP contribution in [0.15, 0.2) is 175 Å². The van der Waals surface area contributed by atoms with Gasteiger partial charge in [0.25, 0.3) is 0 Å². The maximum Gasteiger partial charge on any atom is 0.132 e. The van der Waals surface area contributed by atoms with E-state index in [0.29, 0.717) is 0 Å². The van der Waals surface area contributed by atoms with Gasteiger partial charge in [0.2, 0.25) is 0 Å². The zero-order valence-corrected chi connectivity index (χ0v) is 27.2. The van der Waals surface area contributed by atoms with Crippen LogP contribution in [0.25, 0.3) is 65.1 Å². The van der Waals surface area contributed by atoms with E-state index in [1.165, 1.54) is 48.7 Å². The molecular formula is C46H32N4. The third kappa shape index (κ3) is 4.80. The molecule has 1 aromatic heterocycles. The van der Waals surface area contributed by atoms with Gasteiger partial charge in [0.15, 0.2) is 0 Å². The van der Waals surface area contributed by atoms with Crippen LogP contribution in [0.2, 0.25) is 0 Å². The van der Waals surface area contributed by atoms with Crippen LogP contribution in [0.4, 0.5) is 0 Å². The van der Waals surface area contributed by atoms with Crippen LogP contribution < -0.4 is 10.6 Å². The Morgan fingerprint density at radius 1 is 0.460 bits per heavy atom. The smallest absolute Gasteiger partial charge is 0.132 e. The Morgan fingerprint density at radius 2 is 1.04 bits per heavy atom. The Kier molecular flexibility index (Phi) is 6.68. The van der Waals surface area contributed by atoms with E-state index in [2.05, 4.69) is 168 Å². The van der Waals surface area contributed by atoms with Crippen molar-refractivity contribution in [3.63, 3.8) is 0 Å². The van der Waals surface area contributed by atoms with E-state index in [9.17, 15) is 0 Å². The first kappa shape index (κ1) is 28.6. The number of hydrogen-bond donors (Lipinski definition) is 2. The predicted octanol–water partition coefficient (Wildman–Crippen LogP) is 10.9. The molecule has 0 radical (unpaired) electrons. The zero-order valence-electron chi connectivity index (χ0n) is 27.2. The van der Waals surface area contributed by atoms with Gasteiger partial charge in [0.1, 0.15) is 18.2 Å². The molecule has 0 fully saturated rings. The summed E-state index contributed by atoms with van der Waals surface area (Å²) < 4.78 is 0. The second-order valence-corrected chi connectivity index (χ2v) is 13.1. The summed E-state index contributed by atoms with van der Waals surface area (Å²) in [6.07, 6.45) is 1.48. The second-order valence-electron chi connectivity index (χ2n) is 13.1.